The number of phosphoric ester groups is 1. The number of nitrogens with two attached hydrogens (primary N) is 1. The third-order valence-corrected chi connectivity index (χ3v) is 3.51. The Morgan fingerprint density at radius 3 is 2.73 bits per heavy atom. The van der Waals surface area contributed by atoms with E-state index in [0.29, 0.717) is 4.57 Å². The molecule has 1 saturated heterocycles. The Bertz CT molecular complexity index is 727. The molecular formula is C9H13FN3O8P. The van der Waals surface area contributed by atoms with Crippen LogP contribution in [0.5, 0.6) is 0 Å². The second-order valence-corrected chi connectivity index (χ2v) is 5.79. The van der Waals surface area contributed by atoms with Crippen molar-refractivity contribution >= 4 is 13.6 Å². The largest absolute Gasteiger partial charge is 0.469 e. The number of phosphoric acid groups is 1. The van der Waals surface area contributed by atoms with Gasteiger partial charge in [0.25, 0.3) is 5.56 Å². The molecule has 0 radical (unpaired) electrons. The summed E-state index contributed by atoms with van der Waals surface area (Å²) in [4.78, 5) is 41.6. The van der Waals surface area contributed by atoms with Crippen LogP contribution in [0.1, 0.15) is 12.6 Å². The molecule has 0 bridgehead atoms. The number of nitrogens with zero attached hydrogens (tertiary/aromatic N) is 1. The minimum atomic E-state index is -4.76. The number of aliphatic hydroxyl groups is 1. The van der Waals surface area contributed by atoms with E-state index in [1.54, 1.807) is 4.98 Å². The van der Waals surface area contributed by atoms with Gasteiger partial charge in [0, 0.05) is 6.42 Å². The fourth-order valence-corrected chi connectivity index (χ4v) is 2.36. The topological polar surface area (TPSA) is 177 Å². The number of rotatable bonds is 4. The quantitative estimate of drug-likeness (QED) is 0.388. The predicted octanol–water partition coefficient (Wildman–Crippen LogP) is -1.98. The Morgan fingerprint density at radius 1 is 1.50 bits per heavy atom. The van der Waals surface area contributed by atoms with Crippen LogP contribution < -0.4 is 17.0 Å². The van der Waals surface area contributed by atoms with Crippen LogP contribution in [0.4, 0.5) is 10.2 Å². The number of hydrogen-bond donors (Lipinski definition) is 5. The molecule has 0 saturated carbocycles. The lowest BCUT2D eigenvalue weighted by atomic mass is 10.2. The van der Waals surface area contributed by atoms with Crippen LogP contribution in [0.2, 0.25) is 0 Å². The van der Waals surface area contributed by atoms with Crippen LogP contribution in [-0.2, 0) is 13.8 Å². The summed E-state index contributed by atoms with van der Waals surface area (Å²) in [5, 5.41) is 9.74. The maximum Gasteiger partial charge on any atom is 0.469 e. The zero-order chi connectivity index (χ0) is 16.7. The van der Waals surface area contributed by atoms with E-state index in [-0.39, 0.29) is 6.42 Å². The molecule has 13 heteroatoms. The van der Waals surface area contributed by atoms with Gasteiger partial charge in [0.1, 0.15) is 12.3 Å². The van der Waals surface area contributed by atoms with Crippen LogP contribution in [0.3, 0.4) is 0 Å². The Labute approximate surface area is 121 Å². The van der Waals surface area contributed by atoms with Crippen LogP contribution in [0, 0.1) is 5.82 Å². The van der Waals surface area contributed by atoms with E-state index < -0.39 is 55.7 Å². The van der Waals surface area contributed by atoms with Gasteiger partial charge in [0.15, 0.2) is 5.82 Å². The number of anilines is 1. The second-order valence-electron chi connectivity index (χ2n) is 4.55. The van der Waals surface area contributed by atoms with Crippen molar-refractivity contribution < 1.29 is 33.1 Å². The van der Waals surface area contributed by atoms with Gasteiger partial charge in [-0.3, -0.25) is 18.9 Å². The second kappa shape index (κ2) is 5.91. The van der Waals surface area contributed by atoms with Gasteiger partial charge in [-0.1, -0.05) is 0 Å². The van der Waals surface area contributed by atoms with Gasteiger partial charge in [-0.15, -0.1) is 0 Å². The van der Waals surface area contributed by atoms with E-state index in [2.05, 4.69) is 4.52 Å². The minimum Gasteiger partial charge on any atom is -0.390 e. The molecule has 1 aliphatic heterocycles. The van der Waals surface area contributed by atoms with Crippen LogP contribution in [0.15, 0.2) is 9.59 Å². The maximum atomic E-state index is 13.4. The number of ether oxygens (including phenoxy) is 1. The van der Waals surface area contributed by atoms with Crippen molar-refractivity contribution in [3.63, 3.8) is 0 Å². The molecule has 1 aromatic heterocycles. The van der Waals surface area contributed by atoms with E-state index in [1.165, 1.54) is 0 Å². The molecule has 2 heterocycles. The van der Waals surface area contributed by atoms with E-state index >= 15 is 0 Å². The Balaban J connectivity index is 2.23. The molecule has 1 aliphatic rings. The van der Waals surface area contributed by atoms with Gasteiger partial charge in [0.2, 0.25) is 5.82 Å². The van der Waals surface area contributed by atoms with Crippen molar-refractivity contribution in [1.82, 2.24) is 9.55 Å². The van der Waals surface area contributed by atoms with E-state index in [0.717, 1.165) is 0 Å². The molecule has 2 rings (SSSR count). The Hall–Kier alpha value is -1.56. The van der Waals surface area contributed by atoms with Gasteiger partial charge in [-0.25, -0.2) is 9.36 Å². The third kappa shape index (κ3) is 3.43. The van der Waals surface area contributed by atoms with Crippen LogP contribution >= 0.6 is 7.82 Å². The van der Waals surface area contributed by atoms with E-state index in [1.807, 2.05) is 0 Å². The van der Waals surface area contributed by atoms with Crippen molar-refractivity contribution in [3.05, 3.63) is 26.7 Å². The zero-order valence-electron chi connectivity index (χ0n) is 10.9. The molecule has 0 unspecified atom stereocenters. The molecule has 22 heavy (non-hydrogen) atoms. The molecule has 1 aromatic rings. The van der Waals surface area contributed by atoms with Gasteiger partial charge < -0.3 is 25.4 Å². The molecule has 124 valence electrons. The van der Waals surface area contributed by atoms with Crippen LogP contribution in [-0.4, -0.2) is 43.3 Å². The highest BCUT2D eigenvalue weighted by Gasteiger charge is 2.38. The lowest BCUT2D eigenvalue weighted by molar-refractivity contribution is -0.0445. The lowest BCUT2D eigenvalue weighted by Gasteiger charge is -2.17. The molecule has 0 aromatic carbocycles. The molecule has 3 atom stereocenters. The highest BCUT2D eigenvalue weighted by atomic mass is 31.2. The number of halogens is 1. The first-order chi connectivity index (χ1) is 10.1. The van der Waals surface area contributed by atoms with E-state index in [4.69, 9.17) is 20.3 Å². The Kier molecular flexibility index (Phi) is 4.52. The predicted molar refractivity (Wildman–Crippen MR) is 68.2 cm³/mol. The molecule has 0 amide bonds. The SMILES string of the molecule is Nc1c(F)c(=O)[nH]c(=O)n1[C@H]1C[C@H](O)[C@@H](COP(=O)(O)O)O1. The number of nitrogens with one attached hydrogen (secondary N) is 1. The summed E-state index contributed by atoms with van der Waals surface area (Å²) in [7, 11) is -4.76. The summed E-state index contributed by atoms with van der Waals surface area (Å²) in [5.41, 5.74) is 3.01. The molecule has 11 nitrogen and oxygen atoms in total. The number of aromatic amines is 1. The first-order valence-corrected chi connectivity index (χ1v) is 7.46. The van der Waals surface area contributed by atoms with Gasteiger partial charge in [0.05, 0.1) is 12.7 Å². The molecule has 6 N–H and O–H groups in total. The summed E-state index contributed by atoms with van der Waals surface area (Å²) in [6.45, 7) is -0.650. The summed E-state index contributed by atoms with van der Waals surface area (Å²) in [6.07, 6.45) is -3.85. The number of H-pyrrole nitrogens is 1. The minimum absolute atomic E-state index is 0.217. The molecule has 0 aliphatic carbocycles. The van der Waals surface area contributed by atoms with Crippen molar-refractivity contribution in [2.24, 2.45) is 0 Å². The number of aromatic nitrogens is 2. The standard InChI is InChI=1S/C9H13FN3O8P/c10-6-7(11)13(9(16)12-8(6)15)5-1-3(14)4(21-5)2-20-22(17,18)19/h3-5,14H,1-2,11H2,(H,12,15,16)(H2,17,18,19)/t3-,4+,5+/m0/s1. The summed E-state index contributed by atoms with van der Waals surface area (Å²) >= 11 is 0. The van der Waals surface area contributed by atoms with Gasteiger partial charge in [-0.2, -0.15) is 4.39 Å². The first-order valence-electron chi connectivity index (χ1n) is 5.93. The highest BCUT2D eigenvalue weighted by molar-refractivity contribution is 7.46. The third-order valence-electron chi connectivity index (χ3n) is 3.02. The molecular weight excluding hydrogens is 328 g/mol. The van der Waals surface area contributed by atoms with Crippen molar-refractivity contribution in [1.29, 1.82) is 0 Å². The molecule has 1 fully saturated rings. The van der Waals surface area contributed by atoms with Gasteiger partial charge >= 0.3 is 13.5 Å². The van der Waals surface area contributed by atoms with Crippen molar-refractivity contribution in [3.8, 4) is 0 Å². The number of hydrogen-bond acceptors (Lipinski definition) is 7. The lowest BCUT2D eigenvalue weighted by Crippen LogP contribution is -2.36. The summed E-state index contributed by atoms with van der Waals surface area (Å²) < 4.78 is 34.0. The summed E-state index contributed by atoms with van der Waals surface area (Å²) in [5.74, 6) is -2.16. The fourth-order valence-electron chi connectivity index (χ4n) is 2.02. The Morgan fingerprint density at radius 2 is 2.14 bits per heavy atom. The molecule has 0 spiro atoms. The number of aliphatic hydroxyl groups excluding tert-OH is 1. The van der Waals surface area contributed by atoms with Crippen LogP contribution in [0.25, 0.3) is 0 Å². The zero-order valence-corrected chi connectivity index (χ0v) is 11.8. The smallest absolute Gasteiger partial charge is 0.390 e. The summed E-state index contributed by atoms with van der Waals surface area (Å²) in [6, 6.07) is 0. The normalized spacial score (nSPS) is 25.5. The fraction of sp³-hybridized carbons (Fsp3) is 0.556. The van der Waals surface area contributed by atoms with Crippen molar-refractivity contribution in [2.75, 3.05) is 12.3 Å². The van der Waals surface area contributed by atoms with Gasteiger partial charge in [-0.05, 0) is 0 Å². The number of nitrogen functional groups attached to an aromatic ring is 1. The van der Waals surface area contributed by atoms with E-state index in [9.17, 15) is 23.7 Å². The average molecular weight is 341 g/mol. The van der Waals surface area contributed by atoms with Crippen molar-refractivity contribution in [2.45, 2.75) is 24.9 Å². The average Bonchev–Trinajstić information content (AvgIpc) is 2.74. The first kappa shape index (κ1) is 16.8. The monoisotopic (exact) mass is 341 g/mol. The highest BCUT2D eigenvalue weighted by Crippen LogP contribution is 2.38. The maximum absolute atomic E-state index is 13.4.